The minimum absolute atomic E-state index is 0.641. The highest BCUT2D eigenvalue weighted by Crippen LogP contribution is 2.28. The summed E-state index contributed by atoms with van der Waals surface area (Å²) >= 11 is 1.70. The van der Waals surface area contributed by atoms with Crippen molar-refractivity contribution in [2.45, 2.75) is 37.8 Å². The van der Waals surface area contributed by atoms with E-state index in [-0.39, 0.29) is 0 Å². The quantitative estimate of drug-likeness (QED) is 0.557. The number of nitrogens with one attached hydrogen (secondary N) is 2. The third-order valence-corrected chi connectivity index (χ3v) is 3.75. The Morgan fingerprint density at radius 2 is 2.00 bits per heavy atom. The fraction of sp³-hybridized carbons (Fsp3) is 0.750. The third kappa shape index (κ3) is 4.33. The molecule has 0 saturated heterocycles. The summed E-state index contributed by atoms with van der Waals surface area (Å²) in [7, 11) is 1.83. The van der Waals surface area contributed by atoms with Crippen LogP contribution in [-0.4, -0.2) is 34.3 Å². The standard InChI is InChI=1S/C12H21N5S/c1-3-4-7-18-12-16-10(13-2)15-11(17-12)14-8-9-5-6-9/h9H,3-8H2,1-2H3,(H2,13,14,15,16,17). The molecule has 5 nitrogen and oxygen atoms in total. The second-order valence-corrected chi connectivity index (χ2v) is 5.60. The van der Waals surface area contributed by atoms with Gasteiger partial charge in [0, 0.05) is 19.3 Å². The van der Waals surface area contributed by atoms with Crippen LogP contribution in [0.4, 0.5) is 11.9 Å². The first-order chi connectivity index (χ1) is 8.81. The van der Waals surface area contributed by atoms with Gasteiger partial charge in [0.05, 0.1) is 0 Å². The summed E-state index contributed by atoms with van der Waals surface area (Å²) in [4.78, 5) is 13.1. The fourth-order valence-corrected chi connectivity index (χ4v) is 2.39. The first kappa shape index (κ1) is 13.4. The highest BCUT2D eigenvalue weighted by Gasteiger charge is 2.21. The van der Waals surface area contributed by atoms with Crippen LogP contribution in [0.2, 0.25) is 0 Å². The number of nitrogens with zero attached hydrogens (tertiary/aromatic N) is 3. The van der Waals surface area contributed by atoms with E-state index in [4.69, 9.17) is 0 Å². The molecule has 0 atom stereocenters. The lowest BCUT2D eigenvalue weighted by atomic mass is 10.4. The lowest BCUT2D eigenvalue weighted by molar-refractivity contribution is 0.842. The molecule has 1 aromatic heterocycles. The van der Waals surface area contributed by atoms with Gasteiger partial charge in [0.2, 0.25) is 11.9 Å². The van der Waals surface area contributed by atoms with Crippen LogP contribution in [0, 0.1) is 5.92 Å². The number of thioether (sulfide) groups is 1. The SMILES string of the molecule is CCCCSc1nc(NC)nc(NCC2CC2)n1. The Labute approximate surface area is 113 Å². The minimum atomic E-state index is 0.641. The molecule has 2 N–H and O–H groups in total. The molecule has 6 heteroatoms. The zero-order valence-corrected chi connectivity index (χ0v) is 11.9. The Bertz CT molecular complexity index is 381. The Hall–Kier alpha value is -1.04. The first-order valence-electron chi connectivity index (χ1n) is 6.62. The van der Waals surface area contributed by atoms with E-state index in [0.29, 0.717) is 11.9 Å². The van der Waals surface area contributed by atoms with Gasteiger partial charge in [-0.05, 0) is 25.2 Å². The van der Waals surface area contributed by atoms with Crippen molar-refractivity contribution in [3.63, 3.8) is 0 Å². The van der Waals surface area contributed by atoms with Gasteiger partial charge < -0.3 is 10.6 Å². The van der Waals surface area contributed by atoms with E-state index in [1.165, 1.54) is 25.7 Å². The predicted octanol–water partition coefficient (Wildman–Crippen LogP) is 2.63. The van der Waals surface area contributed by atoms with Gasteiger partial charge in [-0.2, -0.15) is 15.0 Å². The summed E-state index contributed by atoms with van der Waals surface area (Å²) in [6.07, 6.45) is 5.05. The Morgan fingerprint density at radius 3 is 2.67 bits per heavy atom. The van der Waals surface area contributed by atoms with Crippen molar-refractivity contribution in [1.82, 2.24) is 15.0 Å². The number of rotatable bonds is 8. The molecule has 1 aromatic rings. The highest BCUT2D eigenvalue weighted by molar-refractivity contribution is 7.99. The maximum Gasteiger partial charge on any atom is 0.228 e. The van der Waals surface area contributed by atoms with Gasteiger partial charge in [-0.15, -0.1) is 0 Å². The number of hydrogen-bond donors (Lipinski definition) is 2. The average molecular weight is 267 g/mol. The molecule has 0 aliphatic heterocycles. The van der Waals surface area contributed by atoms with Crippen LogP contribution < -0.4 is 10.6 Å². The van der Waals surface area contributed by atoms with Gasteiger partial charge >= 0.3 is 0 Å². The van der Waals surface area contributed by atoms with Crippen LogP contribution in [0.3, 0.4) is 0 Å². The second-order valence-electron chi connectivity index (χ2n) is 4.54. The summed E-state index contributed by atoms with van der Waals surface area (Å²) in [5.41, 5.74) is 0. The van der Waals surface area contributed by atoms with Gasteiger partial charge in [-0.1, -0.05) is 25.1 Å². The van der Waals surface area contributed by atoms with Crippen molar-refractivity contribution in [1.29, 1.82) is 0 Å². The van der Waals surface area contributed by atoms with Gasteiger partial charge in [0.25, 0.3) is 0 Å². The van der Waals surface area contributed by atoms with Crippen LogP contribution >= 0.6 is 11.8 Å². The van der Waals surface area contributed by atoms with Crippen LogP contribution in [0.1, 0.15) is 32.6 Å². The number of aromatic nitrogens is 3. The van der Waals surface area contributed by atoms with Gasteiger partial charge in [-0.3, -0.25) is 0 Å². The number of unbranched alkanes of at least 4 members (excludes halogenated alkanes) is 1. The Balaban J connectivity index is 1.95. The van der Waals surface area contributed by atoms with Gasteiger partial charge in [0.15, 0.2) is 5.16 Å². The van der Waals surface area contributed by atoms with Crippen molar-refractivity contribution < 1.29 is 0 Å². The Morgan fingerprint density at radius 1 is 1.22 bits per heavy atom. The lowest BCUT2D eigenvalue weighted by Gasteiger charge is -2.07. The molecule has 100 valence electrons. The maximum atomic E-state index is 4.44. The van der Waals surface area contributed by atoms with Gasteiger partial charge in [-0.25, -0.2) is 0 Å². The van der Waals surface area contributed by atoms with Crippen molar-refractivity contribution in [2.24, 2.45) is 5.92 Å². The molecular formula is C12H21N5S. The summed E-state index contributed by atoms with van der Waals surface area (Å²) in [5.74, 6) is 3.21. The molecule has 2 rings (SSSR count). The smallest absolute Gasteiger partial charge is 0.228 e. The largest absolute Gasteiger partial charge is 0.357 e. The van der Waals surface area contributed by atoms with Crippen molar-refractivity contribution >= 4 is 23.7 Å². The van der Waals surface area contributed by atoms with Gasteiger partial charge in [0.1, 0.15) is 0 Å². The topological polar surface area (TPSA) is 62.7 Å². The molecule has 1 aliphatic carbocycles. The van der Waals surface area contributed by atoms with Crippen LogP contribution in [-0.2, 0) is 0 Å². The molecule has 18 heavy (non-hydrogen) atoms. The molecule has 0 radical (unpaired) electrons. The van der Waals surface area contributed by atoms with E-state index >= 15 is 0 Å². The predicted molar refractivity (Wildman–Crippen MR) is 76.2 cm³/mol. The van der Waals surface area contributed by atoms with Crippen molar-refractivity contribution in [3.05, 3.63) is 0 Å². The summed E-state index contributed by atoms with van der Waals surface area (Å²) < 4.78 is 0. The Kier molecular flexibility index (Phi) is 5.04. The first-order valence-corrected chi connectivity index (χ1v) is 7.61. The highest BCUT2D eigenvalue weighted by atomic mass is 32.2. The molecule has 1 saturated carbocycles. The van der Waals surface area contributed by atoms with Crippen LogP contribution in [0.5, 0.6) is 0 Å². The number of hydrogen-bond acceptors (Lipinski definition) is 6. The normalized spacial score (nSPS) is 14.6. The van der Waals surface area contributed by atoms with Crippen LogP contribution in [0.15, 0.2) is 5.16 Å². The molecular weight excluding hydrogens is 246 g/mol. The zero-order chi connectivity index (χ0) is 12.8. The molecule has 0 spiro atoms. The van der Waals surface area contributed by atoms with Crippen molar-refractivity contribution in [2.75, 3.05) is 30.0 Å². The molecule has 0 amide bonds. The molecule has 0 aromatic carbocycles. The zero-order valence-electron chi connectivity index (χ0n) is 11.1. The van der Waals surface area contributed by atoms with E-state index in [0.717, 1.165) is 23.4 Å². The monoisotopic (exact) mass is 267 g/mol. The van der Waals surface area contributed by atoms with Crippen molar-refractivity contribution in [3.8, 4) is 0 Å². The summed E-state index contributed by atoms with van der Waals surface area (Å²) in [5, 5.41) is 7.09. The summed E-state index contributed by atoms with van der Waals surface area (Å²) in [6.45, 7) is 3.17. The third-order valence-electron chi connectivity index (χ3n) is 2.81. The molecule has 0 unspecified atom stereocenters. The lowest BCUT2D eigenvalue weighted by Crippen LogP contribution is -2.10. The van der Waals surface area contributed by atoms with E-state index in [2.05, 4.69) is 32.5 Å². The van der Waals surface area contributed by atoms with E-state index in [1.54, 1.807) is 11.8 Å². The molecule has 0 bridgehead atoms. The molecule has 1 heterocycles. The van der Waals surface area contributed by atoms with E-state index in [9.17, 15) is 0 Å². The number of anilines is 2. The van der Waals surface area contributed by atoms with Crippen LogP contribution in [0.25, 0.3) is 0 Å². The molecule has 1 fully saturated rings. The summed E-state index contributed by atoms with van der Waals surface area (Å²) in [6, 6.07) is 0. The average Bonchev–Trinajstić information content (AvgIpc) is 3.20. The fourth-order valence-electron chi connectivity index (χ4n) is 1.48. The minimum Gasteiger partial charge on any atom is -0.357 e. The molecule has 1 aliphatic rings. The second kappa shape index (κ2) is 6.78. The van der Waals surface area contributed by atoms with E-state index in [1.807, 2.05) is 7.05 Å². The maximum absolute atomic E-state index is 4.44. The van der Waals surface area contributed by atoms with E-state index < -0.39 is 0 Å².